The molecule has 0 radical (unpaired) electrons. The van der Waals surface area contributed by atoms with Crippen molar-refractivity contribution in [2.45, 2.75) is 20.3 Å². The summed E-state index contributed by atoms with van der Waals surface area (Å²) in [5.41, 5.74) is 2.89. The number of allylic oxidation sites excluding steroid dienone is 4. The van der Waals surface area contributed by atoms with Crippen LogP contribution in [-0.4, -0.2) is 0 Å². The summed E-state index contributed by atoms with van der Waals surface area (Å²) < 4.78 is 0. The molecule has 0 aromatic heterocycles. The first kappa shape index (κ1) is 8.19. The van der Waals surface area contributed by atoms with Gasteiger partial charge in [0.05, 0.1) is 0 Å². The first-order valence-corrected chi connectivity index (χ1v) is 2.64. The van der Waals surface area contributed by atoms with E-state index in [0.29, 0.717) is 0 Å². The summed E-state index contributed by atoms with van der Waals surface area (Å²) in [6.45, 7) is 4.30. The van der Waals surface area contributed by atoms with Gasteiger partial charge < -0.3 is 0 Å². The Bertz CT molecular complexity index is 115. The molecule has 0 saturated heterocycles. The summed E-state index contributed by atoms with van der Waals surface area (Å²) >= 11 is 0. The van der Waals surface area contributed by atoms with Crippen LogP contribution in [0.25, 0.3) is 0 Å². The van der Waals surface area contributed by atoms with Gasteiger partial charge >= 0.3 is 0 Å². The van der Waals surface area contributed by atoms with Crippen LogP contribution in [0.5, 0.6) is 0 Å². The largest absolute Gasteiger partial charge is 0.0775 e. The minimum Gasteiger partial charge on any atom is -0.0775 e. The maximum Gasteiger partial charge on any atom is 0 e. The van der Waals surface area contributed by atoms with Gasteiger partial charge in [0.25, 0.3) is 0 Å². The molecule has 0 fully saturated rings. The predicted molar refractivity (Wildman–Crippen MR) is 32.1 cm³/mol. The van der Waals surface area contributed by atoms with Crippen LogP contribution in [0, 0.1) is 0 Å². The van der Waals surface area contributed by atoms with Gasteiger partial charge in [-0.15, -0.1) is 0 Å². The van der Waals surface area contributed by atoms with E-state index in [1.165, 1.54) is 11.1 Å². The maximum absolute atomic E-state index is 2.25. The summed E-state index contributed by atoms with van der Waals surface area (Å²) in [5.74, 6) is 0. The van der Waals surface area contributed by atoms with Crippen LogP contribution in [-0.2, 0) is 21.7 Å². The minimum atomic E-state index is 0. The molecule has 0 heterocycles. The Morgan fingerprint density at radius 1 is 1.12 bits per heavy atom. The van der Waals surface area contributed by atoms with Gasteiger partial charge in [-0.2, -0.15) is 0 Å². The molecule has 42 valence electrons. The Kier molecular flexibility index (Phi) is 3.34. The van der Waals surface area contributed by atoms with Crippen molar-refractivity contribution in [1.29, 1.82) is 0 Å². The summed E-state index contributed by atoms with van der Waals surface area (Å²) in [6, 6.07) is 0. The fourth-order valence-electron chi connectivity index (χ4n) is 0.734. The molecule has 1 rings (SSSR count). The number of rotatable bonds is 0. The van der Waals surface area contributed by atoms with E-state index in [9.17, 15) is 0 Å². The number of hydrogen-bond acceptors (Lipinski definition) is 0. The SMILES string of the molecule is CC1=CCC=C1C.[Ti]. The summed E-state index contributed by atoms with van der Waals surface area (Å²) in [7, 11) is 0. The van der Waals surface area contributed by atoms with E-state index in [-0.39, 0.29) is 21.7 Å². The van der Waals surface area contributed by atoms with Gasteiger partial charge in [-0.3, -0.25) is 0 Å². The second kappa shape index (κ2) is 3.27. The normalized spacial score (nSPS) is 16.8. The van der Waals surface area contributed by atoms with Crippen molar-refractivity contribution in [3.63, 3.8) is 0 Å². The number of hydrogen-bond donors (Lipinski definition) is 0. The molecule has 0 aliphatic heterocycles. The van der Waals surface area contributed by atoms with Gasteiger partial charge in [-0.25, -0.2) is 0 Å². The zero-order valence-corrected chi connectivity index (χ0v) is 6.92. The molecule has 0 saturated carbocycles. The van der Waals surface area contributed by atoms with Crippen LogP contribution >= 0.6 is 0 Å². The van der Waals surface area contributed by atoms with Crippen molar-refractivity contribution in [2.24, 2.45) is 0 Å². The topological polar surface area (TPSA) is 0 Å². The quantitative estimate of drug-likeness (QED) is 0.455. The van der Waals surface area contributed by atoms with Crippen molar-refractivity contribution in [2.75, 3.05) is 0 Å². The molecule has 0 bridgehead atoms. The molecule has 1 heteroatoms. The van der Waals surface area contributed by atoms with Crippen LogP contribution in [0.2, 0.25) is 0 Å². The van der Waals surface area contributed by atoms with Crippen LogP contribution in [0.4, 0.5) is 0 Å². The second-order valence-corrected chi connectivity index (χ2v) is 2.01. The molecule has 0 atom stereocenters. The summed E-state index contributed by atoms with van der Waals surface area (Å²) in [4.78, 5) is 0. The van der Waals surface area contributed by atoms with Crippen LogP contribution in [0.15, 0.2) is 23.3 Å². The molecular formula is C7H10Ti. The van der Waals surface area contributed by atoms with Crippen LogP contribution in [0.3, 0.4) is 0 Å². The van der Waals surface area contributed by atoms with E-state index in [1.54, 1.807) is 0 Å². The molecule has 0 aromatic carbocycles. The molecule has 0 nitrogen and oxygen atoms in total. The standard InChI is InChI=1S/C7H10.Ti/c1-6-4-3-5-7(6)2;/h4-5H,3H2,1-2H3;. The first-order chi connectivity index (χ1) is 3.30. The van der Waals surface area contributed by atoms with Gasteiger partial charge in [-0.05, 0) is 20.3 Å². The van der Waals surface area contributed by atoms with E-state index in [1.807, 2.05) is 0 Å². The average Bonchev–Trinajstić information content (AvgIpc) is 1.91. The Labute approximate surface area is 65.6 Å². The minimum absolute atomic E-state index is 0. The zero-order valence-electron chi connectivity index (χ0n) is 5.36. The van der Waals surface area contributed by atoms with E-state index in [4.69, 9.17) is 0 Å². The predicted octanol–water partition coefficient (Wildman–Crippen LogP) is 2.28. The van der Waals surface area contributed by atoms with Crippen molar-refractivity contribution < 1.29 is 21.7 Å². The Morgan fingerprint density at radius 2 is 1.50 bits per heavy atom. The smallest absolute Gasteiger partial charge is 0 e. The van der Waals surface area contributed by atoms with Crippen LogP contribution in [0.1, 0.15) is 20.3 Å². The molecule has 0 unspecified atom stereocenters. The van der Waals surface area contributed by atoms with Crippen molar-refractivity contribution in [3.8, 4) is 0 Å². The summed E-state index contributed by atoms with van der Waals surface area (Å²) in [5, 5.41) is 0. The average molecular weight is 142 g/mol. The molecule has 1 aliphatic rings. The molecule has 1 aliphatic carbocycles. The van der Waals surface area contributed by atoms with Crippen molar-refractivity contribution in [3.05, 3.63) is 23.3 Å². The van der Waals surface area contributed by atoms with E-state index in [2.05, 4.69) is 26.0 Å². The van der Waals surface area contributed by atoms with Gasteiger partial charge in [0, 0.05) is 21.7 Å². The van der Waals surface area contributed by atoms with Crippen LogP contribution < -0.4 is 0 Å². The Morgan fingerprint density at radius 3 is 1.62 bits per heavy atom. The third kappa shape index (κ3) is 1.61. The third-order valence-corrected chi connectivity index (χ3v) is 1.47. The molecular weight excluding hydrogens is 132 g/mol. The first-order valence-electron chi connectivity index (χ1n) is 2.64. The molecule has 8 heavy (non-hydrogen) atoms. The fraction of sp³-hybridized carbons (Fsp3) is 0.429. The van der Waals surface area contributed by atoms with E-state index < -0.39 is 0 Å². The van der Waals surface area contributed by atoms with Crippen molar-refractivity contribution in [1.82, 2.24) is 0 Å². The van der Waals surface area contributed by atoms with E-state index in [0.717, 1.165) is 6.42 Å². The third-order valence-electron chi connectivity index (χ3n) is 1.47. The molecule has 0 aromatic rings. The maximum atomic E-state index is 2.25. The monoisotopic (exact) mass is 142 g/mol. The van der Waals surface area contributed by atoms with Crippen molar-refractivity contribution >= 4 is 0 Å². The van der Waals surface area contributed by atoms with Gasteiger partial charge in [0.2, 0.25) is 0 Å². The van der Waals surface area contributed by atoms with E-state index >= 15 is 0 Å². The molecule has 0 N–H and O–H groups in total. The molecule has 0 spiro atoms. The molecule has 0 amide bonds. The van der Waals surface area contributed by atoms with Gasteiger partial charge in [-0.1, -0.05) is 23.3 Å². The Hall–Kier alpha value is 0.194. The summed E-state index contributed by atoms with van der Waals surface area (Å²) in [6.07, 6.45) is 5.64. The Balaban J connectivity index is 0.000000490. The fourth-order valence-corrected chi connectivity index (χ4v) is 0.734. The zero-order chi connectivity index (χ0) is 5.28. The second-order valence-electron chi connectivity index (χ2n) is 2.01. The van der Waals surface area contributed by atoms with Gasteiger partial charge in [0.1, 0.15) is 0 Å². The van der Waals surface area contributed by atoms with Gasteiger partial charge in [0.15, 0.2) is 0 Å².